The van der Waals surface area contributed by atoms with Crippen LogP contribution in [0.1, 0.15) is 21.5 Å². The second-order valence-electron chi connectivity index (χ2n) is 6.71. The van der Waals surface area contributed by atoms with E-state index in [0.717, 1.165) is 23.3 Å². The van der Waals surface area contributed by atoms with E-state index in [1.807, 2.05) is 48.5 Å². The van der Waals surface area contributed by atoms with E-state index in [9.17, 15) is 4.79 Å². The number of nitrogens with one attached hydrogen (secondary N) is 2. The summed E-state index contributed by atoms with van der Waals surface area (Å²) in [6.07, 6.45) is 2.51. The molecule has 2 aromatic carbocycles. The smallest absolute Gasteiger partial charge is 0.253 e. The molecule has 0 bridgehead atoms. The molecule has 30 heavy (non-hydrogen) atoms. The molecule has 0 fully saturated rings. The molecule has 0 heterocycles. The first kappa shape index (κ1) is 25.5. The van der Waals surface area contributed by atoms with Gasteiger partial charge in [-0.15, -0.1) is 24.0 Å². The molecule has 0 saturated carbocycles. The van der Waals surface area contributed by atoms with Crippen LogP contribution < -0.4 is 15.4 Å². The van der Waals surface area contributed by atoms with Crippen LogP contribution in [0, 0.1) is 0 Å². The second kappa shape index (κ2) is 13.6. The zero-order valence-electron chi connectivity index (χ0n) is 17.9. The van der Waals surface area contributed by atoms with Crippen molar-refractivity contribution in [1.29, 1.82) is 0 Å². The highest BCUT2D eigenvalue weighted by atomic mass is 127. The van der Waals surface area contributed by atoms with Crippen molar-refractivity contribution in [3.8, 4) is 5.75 Å². The number of carbonyl (C=O) groups is 1. The van der Waals surface area contributed by atoms with Crippen molar-refractivity contribution in [1.82, 2.24) is 15.5 Å². The number of amides is 1. The van der Waals surface area contributed by atoms with Crippen molar-refractivity contribution >= 4 is 35.8 Å². The van der Waals surface area contributed by atoms with Gasteiger partial charge in [0.25, 0.3) is 5.91 Å². The number of nitrogens with zero attached hydrogens (tertiary/aromatic N) is 2. The highest BCUT2D eigenvalue weighted by molar-refractivity contribution is 14.0. The molecule has 0 aromatic heterocycles. The van der Waals surface area contributed by atoms with E-state index >= 15 is 0 Å². The van der Waals surface area contributed by atoms with E-state index in [1.54, 1.807) is 32.1 Å². The van der Waals surface area contributed by atoms with Crippen molar-refractivity contribution in [2.75, 3.05) is 34.3 Å². The lowest BCUT2D eigenvalue weighted by atomic mass is 10.1. The molecule has 0 aliphatic heterocycles. The lowest BCUT2D eigenvalue weighted by Crippen LogP contribution is -2.38. The van der Waals surface area contributed by atoms with Gasteiger partial charge < -0.3 is 20.3 Å². The fourth-order valence-corrected chi connectivity index (χ4v) is 2.78. The van der Waals surface area contributed by atoms with Crippen molar-refractivity contribution in [2.45, 2.75) is 13.0 Å². The van der Waals surface area contributed by atoms with Crippen LogP contribution in [-0.4, -0.2) is 51.1 Å². The summed E-state index contributed by atoms with van der Waals surface area (Å²) < 4.78 is 5.69. The van der Waals surface area contributed by atoms with Crippen LogP contribution >= 0.6 is 24.0 Å². The minimum atomic E-state index is 0. The van der Waals surface area contributed by atoms with Gasteiger partial charge >= 0.3 is 0 Å². The predicted molar refractivity (Wildman–Crippen MR) is 134 cm³/mol. The molecule has 0 spiro atoms. The molecule has 6 nitrogen and oxygen atoms in total. The summed E-state index contributed by atoms with van der Waals surface area (Å²) in [6, 6.07) is 15.6. The van der Waals surface area contributed by atoms with Crippen LogP contribution in [-0.2, 0) is 13.0 Å². The first-order chi connectivity index (χ1) is 14.0. The Kier molecular flexibility index (Phi) is 11.6. The van der Waals surface area contributed by atoms with Gasteiger partial charge in [0.1, 0.15) is 12.4 Å². The van der Waals surface area contributed by atoms with Gasteiger partial charge in [0.2, 0.25) is 0 Å². The first-order valence-electron chi connectivity index (χ1n) is 9.62. The maximum Gasteiger partial charge on any atom is 0.253 e. The van der Waals surface area contributed by atoms with Crippen LogP contribution in [0.2, 0.25) is 0 Å². The van der Waals surface area contributed by atoms with Gasteiger partial charge in [0.05, 0.1) is 0 Å². The molecule has 0 aliphatic carbocycles. The summed E-state index contributed by atoms with van der Waals surface area (Å²) in [6.45, 7) is 5.46. The van der Waals surface area contributed by atoms with Gasteiger partial charge in [-0.05, 0) is 30.2 Å². The maximum atomic E-state index is 12.1. The normalized spacial score (nSPS) is 10.6. The molecule has 2 aromatic rings. The van der Waals surface area contributed by atoms with E-state index in [4.69, 9.17) is 4.74 Å². The van der Waals surface area contributed by atoms with Gasteiger partial charge in [-0.25, -0.2) is 0 Å². The summed E-state index contributed by atoms with van der Waals surface area (Å²) in [5.41, 5.74) is 2.85. The number of halogens is 1. The number of para-hydroxylation sites is 1. The fraction of sp³-hybridized carbons (Fsp3) is 0.304. The summed E-state index contributed by atoms with van der Waals surface area (Å²) >= 11 is 0. The third-order valence-electron chi connectivity index (χ3n) is 4.29. The molecule has 0 saturated heterocycles. The average molecular weight is 522 g/mol. The van der Waals surface area contributed by atoms with Gasteiger partial charge in [0.15, 0.2) is 5.96 Å². The number of hydrogen-bond acceptors (Lipinski definition) is 3. The quantitative estimate of drug-likeness (QED) is 0.229. The SMILES string of the molecule is C=CCOc1ccccc1CNC(=NC)NCCc1cccc(C(=O)N(C)C)c1.I. The maximum absolute atomic E-state index is 12.1. The van der Waals surface area contributed by atoms with E-state index in [1.165, 1.54) is 0 Å². The van der Waals surface area contributed by atoms with E-state index in [0.29, 0.717) is 31.2 Å². The highest BCUT2D eigenvalue weighted by Gasteiger charge is 2.08. The Bertz CT molecular complexity index is 853. The number of carbonyl (C=O) groups excluding carboxylic acids is 1. The Balaban J connectivity index is 0.00000450. The molecule has 1 amide bonds. The third kappa shape index (κ3) is 8.06. The molecule has 2 rings (SSSR count). The summed E-state index contributed by atoms with van der Waals surface area (Å²) in [5, 5.41) is 6.61. The van der Waals surface area contributed by atoms with Crippen LogP contribution in [0.25, 0.3) is 0 Å². The topological polar surface area (TPSA) is 66.0 Å². The Hall–Kier alpha value is -2.55. The van der Waals surface area contributed by atoms with Gasteiger partial charge in [-0.2, -0.15) is 0 Å². The number of guanidine groups is 1. The summed E-state index contributed by atoms with van der Waals surface area (Å²) in [4.78, 5) is 18.0. The molecule has 0 aliphatic rings. The monoisotopic (exact) mass is 522 g/mol. The zero-order chi connectivity index (χ0) is 21.1. The second-order valence-corrected chi connectivity index (χ2v) is 6.71. The van der Waals surface area contributed by atoms with Crippen LogP contribution in [0.5, 0.6) is 5.75 Å². The number of benzene rings is 2. The lowest BCUT2D eigenvalue weighted by Gasteiger charge is -2.15. The van der Waals surface area contributed by atoms with Gasteiger partial charge in [-0.3, -0.25) is 9.79 Å². The Morgan fingerprint density at radius 1 is 1.17 bits per heavy atom. The Labute approximate surface area is 196 Å². The molecule has 0 radical (unpaired) electrons. The molecule has 0 atom stereocenters. The first-order valence-corrected chi connectivity index (χ1v) is 9.62. The fourth-order valence-electron chi connectivity index (χ4n) is 2.78. The standard InChI is InChI=1S/C23H30N4O2.HI/c1-5-15-29-21-12-7-6-10-20(21)17-26-23(24-2)25-14-13-18-9-8-11-19(16-18)22(28)27(3)4;/h5-12,16H,1,13-15,17H2,2-4H3,(H2,24,25,26);1H. The predicted octanol–water partition coefficient (Wildman–Crippen LogP) is 3.48. The average Bonchev–Trinajstić information content (AvgIpc) is 2.74. The minimum Gasteiger partial charge on any atom is -0.489 e. The molecular weight excluding hydrogens is 491 g/mol. The largest absolute Gasteiger partial charge is 0.489 e. The lowest BCUT2D eigenvalue weighted by molar-refractivity contribution is 0.0827. The van der Waals surface area contributed by atoms with Gasteiger partial charge in [-0.1, -0.05) is 43.0 Å². The van der Waals surface area contributed by atoms with E-state index < -0.39 is 0 Å². The van der Waals surface area contributed by atoms with Gasteiger partial charge in [0, 0.05) is 45.4 Å². The molecule has 2 N–H and O–H groups in total. The van der Waals surface area contributed by atoms with E-state index in [2.05, 4.69) is 22.2 Å². The van der Waals surface area contributed by atoms with Crippen molar-refractivity contribution in [3.63, 3.8) is 0 Å². The Morgan fingerprint density at radius 3 is 2.63 bits per heavy atom. The van der Waals surface area contributed by atoms with Crippen LogP contribution in [0.15, 0.2) is 66.2 Å². The molecule has 162 valence electrons. The van der Waals surface area contributed by atoms with Crippen LogP contribution in [0.3, 0.4) is 0 Å². The highest BCUT2D eigenvalue weighted by Crippen LogP contribution is 2.17. The van der Waals surface area contributed by atoms with Crippen LogP contribution in [0.4, 0.5) is 0 Å². The molecule has 0 unspecified atom stereocenters. The Morgan fingerprint density at radius 2 is 1.93 bits per heavy atom. The molecular formula is C23H31IN4O2. The minimum absolute atomic E-state index is 0. The van der Waals surface area contributed by atoms with Crippen molar-refractivity contribution in [3.05, 3.63) is 77.9 Å². The number of aliphatic imine (C=N–C) groups is 1. The zero-order valence-corrected chi connectivity index (χ0v) is 20.2. The summed E-state index contributed by atoms with van der Waals surface area (Å²) in [7, 11) is 5.26. The van der Waals surface area contributed by atoms with Crippen molar-refractivity contribution < 1.29 is 9.53 Å². The number of hydrogen-bond donors (Lipinski definition) is 2. The summed E-state index contributed by atoms with van der Waals surface area (Å²) in [5.74, 6) is 1.55. The molecule has 7 heteroatoms. The van der Waals surface area contributed by atoms with E-state index in [-0.39, 0.29) is 29.9 Å². The third-order valence-corrected chi connectivity index (χ3v) is 4.29. The van der Waals surface area contributed by atoms with Crippen molar-refractivity contribution in [2.24, 2.45) is 4.99 Å². The number of rotatable bonds is 9. The number of ether oxygens (including phenoxy) is 1.